The summed E-state index contributed by atoms with van der Waals surface area (Å²) in [6.45, 7) is 0.712. The first-order valence-corrected chi connectivity index (χ1v) is 9.92. The Labute approximate surface area is 160 Å². The molecule has 1 aliphatic carbocycles. The van der Waals surface area contributed by atoms with Gasteiger partial charge in [-0.15, -0.1) is 11.3 Å². The van der Waals surface area contributed by atoms with E-state index in [1.165, 1.54) is 23.4 Å². The molecule has 0 saturated carbocycles. The van der Waals surface area contributed by atoms with Crippen LogP contribution >= 0.6 is 11.3 Å². The first-order chi connectivity index (χ1) is 13.4. The number of aryl methyl sites for hydroxylation is 4. The summed E-state index contributed by atoms with van der Waals surface area (Å²) < 4.78 is 7.49. The predicted octanol–water partition coefficient (Wildman–Crippen LogP) is 3.57. The van der Waals surface area contributed by atoms with Crippen molar-refractivity contribution in [1.29, 1.82) is 0 Å². The third-order valence-electron chi connectivity index (χ3n) is 4.68. The summed E-state index contributed by atoms with van der Waals surface area (Å²) in [5, 5.41) is 5.03. The molecule has 0 aromatic carbocycles. The first-order valence-electron chi connectivity index (χ1n) is 9.11. The van der Waals surface area contributed by atoms with Gasteiger partial charge in [0, 0.05) is 36.4 Å². The van der Waals surface area contributed by atoms with Crippen molar-refractivity contribution >= 4 is 11.3 Å². The second-order valence-corrected chi connectivity index (χ2v) is 7.60. The number of rotatable bonds is 5. The molecule has 0 bridgehead atoms. The lowest BCUT2D eigenvalue weighted by Gasteiger charge is -2.06. The Kier molecular flexibility index (Phi) is 4.25. The monoisotopic (exact) mass is 378 g/mol. The van der Waals surface area contributed by atoms with E-state index in [-0.39, 0.29) is 0 Å². The van der Waals surface area contributed by atoms with Crippen molar-refractivity contribution in [2.45, 2.75) is 38.6 Å². The van der Waals surface area contributed by atoms with Crippen molar-refractivity contribution in [2.75, 3.05) is 0 Å². The summed E-state index contributed by atoms with van der Waals surface area (Å²) in [5.74, 6) is 2.02. The number of hydrogen-bond donors (Lipinski definition) is 0. The van der Waals surface area contributed by atoms with Gasteiger partial charge in [0.1, 0.15) is 5.69 Å². The summed E-state index contributed by atoms with van der Waals surface area (Å²) in [6.07, 6.45) is 10.9. The molecule has 4 aromatic rings. The zero-order valence-corrected chi connectivity index (χ0v) is 15.5. The van der Waals surface area contributed by atoms with Gasteiger partial charge in [0.15, 0.2) is 10.8 Å². The Morgan fingerprint density at radius 2 is 2.04 bits per heavy atom. The van der Waals surface area contributed by atoms with E-state index in [2.05, 4.69) is 24.7 Å². The summed E-state index contributed by atoms with van der Waals surface area (Å²) in [7, 11) is 0. The zero-order chi connectivity index (χ0) is 18.1. The second kappa shape index (κ2) is 7.03. The topological polar surface area (TPSA) is 82.5 Å². The van der Waals surface area contributed by atoms with Crippen LogP contribution in [0.4, 0.5) is 0 Å². The molecule has 1 aliphatic rings. The van der Waals surface area contributed by atoms with Gasteiger partial charge in [-0.3, -0.25) is 4.98 Å². The van der Waals surface area contributed by atoms with Gasteiger partial charge in [-0.1, -0.05) is 11.2 Å². The average Bonchev–Trinajstić information content (AvgIpc) is 3.45. The van der Waals surface area contributed by atoms with Crippen LogP contribution in [0.3, 0.4) is 0 Å². The summed E-state index contributed by atoms with van der Waals surface area (Å²) in [6, 6.07) is 5.64. The van der Waals surface area contributed by atoms with Gasteiger partial charge in [0.25, 0.3) is 0 Å². The van der Waals surface area contributed by atoms with Crippen LogP contribution in [0.25, 0.3) is 22.4 Å². The van der Waals surface area contributed by atoms with Gasteiger partial charge in [0.2, 0.25) is 11.7 Å². The molecule has 4 aromatic heterocycles. The number of fused-ring (bicyclic) bond motifs is 1. The minimum Gasteiger partial charge on any atom is -0.339 e. The van der Waals surface area contributed by atoms with E-state index in [9.17, 15) is 0 Å². The molecule has 136 valence electrons. The molecule has 0 spiro atoms. The third-order valence-corrected chi connectivity index (χ3v) is 5.83. The van der Waals surface area contributed by atoms with Gasteiger partial charge >= 0.3 is 0 Å². The molecule has 0 aliphatic heterocycles. The molecule has 0 N–H and O–H groups in total. The number of hydrogen-bond acceptors (Lipinski definition) is 7. The van der Waals surface area contributed by atoms with Crippen LogP contribution in [0.1, 0.15) is 29.3 Å². The Hall–Kier alpha value is -2.87. The molecule has 0 fully saturated rings. The van der Waals surface area contributed by atoms with Crippen molar-refractivity contribution in [3.8, 4) is 22.4 Å². The van der Waals surface area contributed by atoms with Gasteiger partial charge in [-0.05, 0) is 37.8 Å². The van der Waals surface area contributed by atoms with Gasteiger partial charge < -0.3 is 9.09 Å². The minimum absolute atomic E-state index is 0.518. The molecule has 0 atom stereocenters. The van der Waals surface area contributed by atoms with Gasteiger partial charge in [-0.25, -0.2) is 9.97 Å². The van der Waals surface area contributed by atoms with Crippen LogP contribution < -0.4 is 0 Å². The summed E-state index contributed by atoms with van der Waals surface area (Å²) in [5.41, 5.74) is 1.97. The van der Waals surface area contributed by atoms with E-state index in [4.69, 9.17) is 9.51 Å². The maximum absolute atomic E-state index is 5.38. The van der Waals surface area contributed by atoms with Crippen molar-refractivity contribution < 1.29 is 4.52 Å². The molecular weight excluding hydrogens is 360 g/mol. The molecule has 0 unspecified atom stereocenters. The van der Waals surface area contributed by atoms with E-state index >= 15 is 0 Å². The number of aromatic nitrogens is 6. The standard InChI is InChI=1S/C19H18N6OS/c1-2-7-15-13(5-1)22-19(27-15)18-21-10-12-25(18)11-8-16-23-17(24-26-16)14-6-3-4-9-20-14/h3-4,6,9-10,12H,1-2,5,7-8,11H2. The van der Waals surface area contributed by atoms with Crippen LogP contribution in [-0.2, 0) is 25.8 Å². The SMILES string of the molecule is c1ccc(-c2noc(CCn3ccnc3-c3nc4c(s3)CCCC4)n2)nc1. The highest BCUT2D eigenvalue weighted by atomic mass is 32.1. The lowest BCUT2D eigenvalue weighted by Crippen LogP contribution is -2.03. The average molecular weight is 378 g/mol. The van der Waals surface area contributed by atoms with Crippen LogP contribution in [0.5, 0.6) is 0 Å². The van der Waals surface area contributed by atoms with E-state index < -0.39 is 0 Å². The smallest absolute Gasteiger partial charge is 0.228 e. The van der Waals surface area contributed by atoms with Gasteiger partial charge in [0.05, 0.1) is 5.69 Å². The van der Waals surface area contributed by atoms with E-state index in [0.717, 1.165) is 23.7 Å². The normalized spacial score (nSPS) is 13.6. The highest BCUT2D eigenvalue weighted by molar-refractivity contribution is 7.15. The largest absolute Gasteiger partial charge is 0.339 e. The highest BCUT2D eigenvalue weighted by Gasteiger charge is 2.19. The number of imidazole rings is 1. The molecular formula is C19H18N6OS. The maximum Gasteiger partial charge on any atom is 0.228 e. The fraction of sp³-hybridized carbons (Fsp3) is 0.316. The van der Waals surface area contributed by atoms with Crippen LogP contribution in [0, 0.1) is 0 Å². The molecule has 8 heteroatoms. The molecule has 27 heavy (non-hydrogen) atoms. The van der Waals surface area contributed by atoms with Crippen molar-refractivity contribution in [1.82, 2.24) is 29.7 Å². The lowest BCUT2D eigenvalue weighted by atomic mass is 10.0. The van der Waals surface area contributed by atoms with Crippen LogP contribution in [-0.4, -0.2) is 29.7 Å². The van der Waals surface area contributed by atoms with Crippen molar-refractivity contribution in [2.24, 2.45) is 0 Å². The fourth-order valence-corrected chi connectivity index (χ4v) is 4.47. The van der Waals surface area contributed by atoms with Crippen LogP contribution in [0.15, 0.2) is 41.3 Å². The first kappa shape index (κ1) is 16.3. The van der Waals surface area contributed by atoms with Gasteiger partial charge in [-0.2, -0.15) is 4.98 Å². The zero-order valence-electron chi connectivity index (χ0n) is 14.7. The Morgan fingerprint density at radius 1 is 1.07 bits per heavy atom. The molecule has 0 radical (unpaired) electrons. The van der Waals surface area contributed by atoms with E-state index in [0.29, 0.717) is 30.4 Å². The Balaban J connectivity index is 1.32. The quantitative estimate of drug-likeness (QED) is 0.528. The molecule has 4 heterocycles. The molecule has 5 rings (SSSR count). The minimum atomic E-state index is 0.518. The predicted molar refractivity (Wildman–Crippen MR) is 101 cm³/mol. The van der Waals surface area contributed by atoms with Crippen LogP contribution in [0.2, 0.25) is 0 Å². The lowest BCUT2D eigenvalue weighted by molar-refractivity contribution is 0.372. The second-order valence-electron chi connectivity index (χ2n) is 6.52. The van der Waals surface area contributed by atoms with E-state index in [1.807, 2.05) is 30.6 Å². The highest BCUT2D eigenvalue weighted by Crippen LogP contribution is 2.32. The maximum atomic E-state index is 5.38. The fourth-order valence-electron chi connectivity index (χ4n) is 3.31. The molecule has 7 nitrogen and oxygen atoms in total. The number of nitrogens with zero attached hydrogens (tertiary/aromatic N) is 6. The Bertz CT molecular complexity index is 1030. The summed E-state index contributed by atoms with van der Waals surface area (Å²) in [4.78, 5) is 19.5. The summed E-state index contributed by atoms with van der Waals surface area (Å²) >= 11 is 1.78. The third kappa shape index (κ3) is 3.28. The van der Waals surface area contributed by atoms with Crippen molar-refractivity contribution in [3.05, 3.63) is 53.3 Å². The molecule has 0 saturated heterocycles. The number of pyridine rings is 1. The Morgan fingerprint density at radius 3 is 2.93 bits per heavy atom. The molecule has 0 amide bonds. The van der Waals surface area contributed by atoms with Crippen molar-refractivity contribution in [3.63, 3.8) is 0 Å². The van der Waals surface area contributed by atoms with E-state index in [1.54, 1.807) is 17.5 Å². The number of thiazole rings is 1.